The number of hydrogen-bond donors (Lipinski definition) is 1. The lowest BCUT2D eigenvalue weighted by molar-refractivity contribution is 0.0627. The highest BCUT2D eigenvalue weighted by molar-refractivity contribution is 9.10. The third-order valence-electron chi connectivity index (χ3n) is 3.17. The first-order chi connectivity index (χ1) is 8.13. The number of aliphatic hydroxyl groups is 1. The van der Waals surface area contributed by atoms with Crippen LogP contribution in [0.15, 0.2) is 15.9 Å². The SMILES string of the molecule is CN(Cc1cc(Br)cs1)CC1(CO)CCOC1. The van der Waals surface area contributed by atoms with Crippen LogP contribution in [0.25, 0.3) is 0 Å². The molecule has 1 atom stereocenters. The van der Waals surface area contributed by atoms with Gasteiger partial charge in [0.2, 0.25) is 0 Å². The summed E-state index contributed by atoms with van der Waals surface area (Å²) in [4.78, 5) is 3.61. The first kappa shape index (κ1) is 13.5. The highest BCUT2D eigenvalue weighted by Gasteiger charge is 2.35. The van der Waals surface area contributed by atoms with Crippen molar-refractivity contribution in [1.29, 1.82) is 0 Å². The van der Waals surface area contributed by atoms with Crippen molar-refractivity contribution in [3.63, 3.8) is 0 Å². The van der Waals surface area contributed by atoms with Gasteiger partial charge in [0.15, 0.2) is 0 Å². The molecule has 1 aliphatic rings. The minimum Gasteiger partial charge on any atom is -0.396 e. The maximum atomic E-state index is 9.52. The van der Waals surface area contributed by atoms with E-state index in [1.54, 1.807) is 11.3 Å². The average molecular weight is 320 g/mol. The van der Waals surface area contributed by atoms with Gasteiger partial charge in [-0.05, 0) is 35.5 Å². The van der Waals surface area contributed by atoms with Gasteiger partial charge in [-0.25, -0.2) is 0 Å². The summed E-state index contributed by atoms with van der Waals surface area (Å²) in [6.07, 6.45) is 0.960. The Balaban J connectivity index is 1.90. The molecule has 17 heavy (non-hydrogen) atoms. The van der Waals surface area contributed by atoms with Gasteiger partial charge in [0, 0.05) is 39.8 Å². The Morgan fingerprint density at radius 3 is 3.00 bits per heavy atom. The lowest BCUT2D eigenvalue weighted by atomic mass is 9.88. The van der Waals surface area contributed by atoms with Crippen LogP contribution in [0.1, 0.15) is 11.3 Å². The quantitative estimate of drug-likeness (QED) is 0.904. The fraction of sp³-hybridized carbons (Fsp3) is 0.667. The molecule has 0 aromatic carbocycles. The molecule has 0 amide bonds. The summed E-state index contributed by atoms with van der Waals surface area (Å²) in [5.74, 6) is 0. The van der Waals surface area contributed by atoms with E-state index in [1.807, 2.05) is 0 Å². The van der Waals surface area contributed by atoms with Gasteiger partial charge in [0.1, 0.15) is 0 Å². The van der Waals surface area contributed by atoms with Crippen LogP contribution in [0.5, 0.6) is 0 Å². The van der Waals surface area contributed by atoms with Gasteiger partial charge in [-0.1, -0.05) is 0 Å². The zero-order valence-electron chi connectivity index (χ0n) is 9.99. The maximum Gasteiger partial charge on any atom is 0.0557 e. The van der Waals surface area contributed by atoms with E-state index in [9.17, 15) is 5.11 Å². The monoisotopic (exact) mass is 319 g/mol. The third kappa shape index (κ3) is 3.51. The molecule has 1 saturated heterocycles. The maximum absolute atomic E-state index is 9.52. The van der Waals surface area contributed by atoms with Gasteiger partial charge in [0.25, 0.3) is 0 Å². The second kappa shape index (κ2) is 5.80. The van der Waals surface area contributed by atoms with Crippen molar-refractivity contribution in [2.45, 2.75) is 13.0 Å². The van der Waals surface area contributed by atoms with Crippen LogP contribution in [0.4, 0.5) is 0 Å². The molecule has 96 valence electrons. The first-order valence-corrected chi connectivity index (χ1v) is 7.41. The fourth-order valence-electron chi connectivity index (χ4n) is 2.28. The third-order valence-corrected chi connectivity index (χ3v) is 4.86. The Morgan fingerprint density at radius 1 is 1.65 bits per heavy atom. The van der Waals surface area contributed by atoms with E-state index in [2.05, 4.69) is 39.3 Å². The number of halogens is 1. The Hall–Kier alpha value is 0.0600. The van der Waals surface area contributed by atoms with Crippen molar-refractivity contribution in [1.82, 2.24) is 4.90 Å². The molecular weight excluding hydrogens is 302 g/mol. The fourth-order valence-corrected chi connectivity index (χ4v) is 3.81. The summed E-state index contributed by atoms with van der Waals surface area (Å²) >= 11 is 5.23. The van der Waals surface area contributed by atoms with E-state index in [1.165, 1.54) is 4.88 Å². The van der Waals surface area contributed by atoms with E-state index in [0.29, 0.717) is 6.61 Å². The second-order valence-electron chi connectivity index (χ2n) is 4.86. The predicted octanol–water partition coefficient (Wildman–Crippen LogP) is 2.34. The average Bonchev–Trinajstić information content (AvgIpc) is 2.89. The number of ether oxygens (including phenoxy) is 1. The molecule has 1 aromatic heterocycles. The topological polar surface area (TPSA) is 32.7 Å². The van der Waals surface area contributed by atoms with Crippen LogP contribution in [0.2, 0.25) is 0 Å². The van der Waals surface area contributed by atoms with Crippen molar-refractivity contribution in [2.24, 2.45) is 5.41 Å². The molecule has 0 spiro atoms. The molecule has 2 rings (SSSR count). The highest BCUT2D eigenvalue weighted by atomic mass is 79.9. The molecule has 1 fully saturated rings. The molecular formula is C12H18BrNO2S. The van der Waals surface area contributed by atoms with Gasteiger partial charge in [0.05, 0.1) is 13.2 Å². The minimum absolute atomic E-state index is 0.0523. The molecule has 2 heterocycles. The number of thiophene rings is 1. The molecule has 0 saturated carbocycles. The number of rotatable bonds is 5. The van der Waals surface area contributed by atoms with Gasteiger partial charge in [-0.2, -0.15) is 0 Å². The van der Waals surface area contributed by atoms with Crippen molar-refractivity contribution >= 4 is 27.3 Å². The van der Waals surface area contributed by atoms with Crippen molar-refractivity contribution in [3.05, 3.63) is 20.8 Å². The van der Waals surface area contributed by atoms with E-state index in [-0.39, 0.29) is 12.0 Å². The lowest BCUT2D eigenvalue weighted by Gasteiger charge is -2.30. The van der Waals surface area contributed by atoms with Crippen LogP contribution in [-0.2, 0) is 11.3 Å². The molecule has 5 heteroatoms. The molecule has 1 unspecified atom stereocenters. The summed E-state index contributed by atoms with van der Waals surface area (Å²) in [5.41, 5.74) is -0.0523. The molecule has 3 nitrogen and oxygen atoms in total. The number of hydrogen-bond acceptors (Lipinski definition) is 4. The smallest absolute Gasteiger partial charge is 0.0557 e. The molecule has 0 radical (unpaired) electrons. The van der Waals surface area contributed by atoms with Crippen molar-refractivity contribution in [2.75, 3.05) is 33.4 Å². The van der Waals surface area contributed by atoms with Crippen molar-refractivity contribution < 1.29 is 9.84 Å². The molecule has 1 aromatic rings. The summed E-state index contributed by atoms with van der Waals surface area (Å²) in [6.45, 7) is 3.49. The van der Waals surface area contributed by atoms with Crippen LogP contribution in [-0.4, -0.2) is 43.4 Å². The second-order valence-corrected chi connectivity index (χ2v) is 6.78. The lowest BCUT2D eigenvalue weighted by Crippen LogP contribution is -2.38. The van der Waals surface area contributed by atoms with Gasteiger partial charge in [-0.3, -0.25) is 0 Å². The summed E-state index contributed by atoms with van der Waals surface area (Å²) in [6, 6.07) is 2.15. The molecule has 1 aliphatic heterocycles. The van der Waals surface area contributed by atoms with E-state index in [0.717, 1.165) is 30.6 Å². The summed E-state index contributed by atoms with van der Waals surface area (Å²) < 4.78 is 6.56. The number of nitrogens with zero attached hydrogens (tertiary/aromatic N) is 1. The summed E-state index contributed by atoms with van der Waals surface area (Å²) in [5, 5.41) is 11.6. The highest BCUT2D eigenvalue weighted by Crippen LogP contribution is 2.29. The van der Waals surface area contributed by atoms with Crippen LogP contribution in [0.3, 0.4) is 0 Å². The minimum atomic E-state index is -0.0523. The largest absolute Gasteiger partial charge is 0.396 e. The normalized spacial score (nSPS) is 24.7. The van der Waals surface area contributed by atoms with Crippen LogP contribution >= 0.6 is 27.3 Å². The molecule has 0 bridgehead atoms. The number of aliphatic hydroxyl groups excluding tert-OH is 1. The van der Waals surface area contributed by atoms with E-state index < -0.39 is 0 Å². The van der Waals surface area contributed by atoms with Crippen LogP contribution in [0, 0.1) is 5.41 Å². The van der Waals surface area contributed by atoms with Gasteiger partial charge < -0.3 is 14.7 Å². The Bertz CT molecular complexity index is 363. The molecule has 0 aliphatic carbocycles. The standard InChI is InChI=1S/C12H18BrNO2S/c1-14(5-11-4-10(13)6-17-11)7-12(8-15)2-3-16-9-12/h4,6,15H,2-3,5,7-9H2,1H3. The zero-order chi connectivity index (χ0) is 12.3. The zero-order valence-corrected chi connectivity index (χ0v) is 12.4. The Morgan fingerprint density at radius 2 is 2.47 bits per heavy atom. The van der Waals surface area contributed by atoms with Gasteiger partial charge >= 0.3 is 0 Å². The van der Waals surface area contributed by atoms with E-state index >= 15 is 0 Å². The Labute approximate surface area is 115 Å². The van der Waals surface area contributed by atoms with Crippen molar-refractivity contribution in [3.8, 4) is 0 Å². The summed E-state index contributed by atoms with van der Waals surface area (Å²) in [7, 11) is 2.10. The van der Waals surface area contributed by atoms with E-state index in [4.69, 9.17) is 4.74 Å². The van der Waals surface area contributed by atoms with Gasteiger partial charge in [-0.15, -0.1) is 11.3 Å². The van der Waals surface area contributed by atoms with Crippen LogP contribution < -0.4 is 0 Å². The molecule has 1 N–H and O–H groups in total. The predicted molar refractivity (Wildman–Crippen MR) is 73.3 cm³/mol. The Kier molecular flexibility index (Phi) is 4.60. The first-order valence-electron chi connectivity index (χ1n) is 5.74.